The molecule has 0 amide bonds. The van der Waals surface area contributed by atoms with Crippen LogP contribution in [0.3, 0.4) is 0 Å². The number of aryl methyl sites for hydroxylation is 2. The molecule has 0 saturated carbocycles. The van der Waals surface area contributed by atoms with Gasteiger partial charge in [0.1, 0.15) is 6.61 Å². The number of ether oxygens (including phenoxy) is 1. The minimum atomic E-state index is -0.361. The van der Waals surface area contributed by atoms with Crippen LogP contribution in [0.1, 0.15) is 22.3 Å². The first-order valence-corrected chi connectivity index (χ1v) is 6.67. The van der Waals surface area contributed by atoms with Gasteiger partial charge in [0.25, 0.3) is 0 Å². The van der Waals surface area contributed by atoms with Gasteiger partial charge in [0, 0.05) is 5.88 Å². The molecule has 0 aliphatic heterocycles. The molecule has 1 nitrogen and oxygen atoms in total. The fraction of sp³-hybridized carbons (Fsp3) is 0.250. The van der Waals surface area contributed by atoms with Crippen LogP contribution in [0, 0.1) is 19.7 Å². The van der Waals surface area contributed by atoms with E-state index in [1.54, 1.807) is 12.1 Å². The number of alkyl halides is 1. The van der Waals surface area contributed by atoms with Crippen LogP contribution in [0.2, 0.25) is 0 Å². The van der Waals surface area contributed by atoms with Crippen molar-refractivity contribution < 1.29 is 9.13 Å². The number of rotatable bonds is 4. The summed E-state index contributed by atoms with van der Waals surface area (Å²) in [5.74, 6) is 0.237. The lowest BCUT2D eigenvalue weighted by molar-refractivity contribution is 0.288. The van der Waals surface area contributed by atoms with Crippen molar-refractivity contribution in [1.82, 2.24) is 0 Å². The number of benzene rings is 2. The van der Waals surface area contributed by atoms with E-state index in [0.717, 1.165) is 22.3 Å². The van der Waals surface area contributed by atoms with Crippen molar-refractivity contribution in [3.63, 3.8) is 0 Å². The van der Waals surface area contributed by atoms with Crippen LogP contribution in [0.25, 0.3) is 0 Å². The molecule has 2 aromatic carbocycles. The minimum Gasteiger partial charge on any atom is -0.486 e. The molecule has 19 heavy (non-hydrogen) atoms. The van der Waals surface area contributed by atoms with Crippen LogP contribution in [-0.4, -0.2) is 0 Å². The Morgan fingerprint density at radius 2 is 1.79 bits per heavy atom. The predicted molar refractivity (Wildman–Crippen MR) is 76.2 cm³/mol. The topological polar surface area (TPSA) is 9.23 Å². The molecule has 0 unspecified atom stereocenters. The Kier molecular flexibility index (Phi) is 4.43. The molecule has 0 spiro atoms. The molecule has 0 radical (unpaired) electrons. The highest BCUT2D eigenvalue weighted by molar-refractivity contribution is 6.17. The smallest absolute Gasteiger partial charge is 0.165 e. The largest absolute Gasteiger partial charge is 0.486 e. The molecule has 0 aromatic heterocycles. The van der Waals surface area contributed by atoms with E-state index < -0.39 is 0 Å². The first-order valence-electron chi connectivity index (χ1n) is 6.14. The zero-order valence-electron chi connectivity index (χ0n) is 11.0. The molecule has 100 valence electrons. The fourth-order valence-corrected chi connectivity index (χ4v) is 2.13. The second kappa shape index (κ2) is 6.07. The van der Waals surface area contributed by atoms with Crippen molar-refractivity contribution >= 4 is 11.6 Å². The minimum absolute atomic E-state index is 0.251. The Bertz CT molecular complexity index is 561. The summed E-state index contributed by atoms with van der Waals surface area (Å²) < 4.78 is 19.2. The zero-order chi connectivity index (χ0) is 13.8. The lowest BCUT2D eigenvalue weighted by atomic mass is 10.0. The highest BCUT2D eigenvalue weighted by Gasteiger charge is 2.07. The van der Waals surface area contributed by atoms with E-state index in [2.05, 4.69) is 0 Å². The molecule has 2 aromatic rings. The highest BCUT2D eigenvalue weighted by Crippen LogP contribution is 2.22. The third-order valence-electron chi connectivity index (χ3n) is 3.17. The third-order valence-corrected chi connectivity index (χ3v) is 3.47. The molecule has 2 rings (SSSR count). The highest BCUT2D eigenvalue weighted by atomic mass is 35.5. The van der Waals surface area contributed by atoms with E-state index in [-0.39, 0.29) is 11.6 Å². The van der Waals surface area contributed by atoms with Crippen LogP contribution in [0.4, 0.5) is 4.39 Å². The van der Waals surface area contributed by atoms with Gasteiger partial charge in [-0.15, -0.1) is 11.6 Å². The van der Waals surface area contributed by atoms with Crippen LogP contribution >= 0.6 is 11.6 Å². The van der Waals surface area contributed by atoms with E-state index in [1.165, 1.54) is 6.07 Å². The van der Waals surface area contributed by atoms with Crippen molar-refractivity contribution in [2.45, 2.75) is 26.3 Å². The summed E-state index contributed by atoms with van der Waals surface area (Å²) in [5, 5.41) is 0. The van der Waals surface area contributed by atoms with Crippen molar-refractivity contribution in [3.8, 4) is 5.75 Å². The maximum Gasteiger partial charge on any atom is 0.165 e. The van der Waals surface area contributed by atoms with Gasteiger partial charge in [-0.25, -0.2) is 4.39 Å². The molecule has 0 saturated heterocycles. The number of halogens is 2. The summed E-state index contributed by atoms with van der Waals surface area (Å²) >= 11 is 5.74. The van der Waals surface area contributed by atoms with E-state index in [1.807, 2.05) is 32.0 Å². The summed E-state index contributed by atoms with van der Waals surface area (Å²) in [6.07, 6.45) is 0. The Hall–Kier alpha value is -1.54. The molecule has 0 fully saturated rings. The Morgan fingerprint density at radius 3 is 2.42 bits per heavy atom. The summed E-state index contributed by atoms with van der Waals surface area (Å²) in [5.41, 5.74) is 4.24. The van der Waals surface area contributed by atoms with Gasteiger partial charge in [0.15, 0.2) is 11.6 Å². The summed E-state index contributed by atoms with van der Waals surface area (Å²) in [4.78, 5) is 0. The van der Waals surface area contributed by atoms with Gasteiger partial charge < -0.3 is 4.74 Å². The second-order valence-corrected chi connectivity index (χ2v) is 4.82. The van der Waals surface area contributed by atoms with Crippen LogP contribution in [0.15, 0.2) is 36.4 Å². The molecule has 0 N–H and O–H groups in total. The Labute approximate surface area is 118 Å². The molecular formula is C16H16ClFO. The fourth-order valence-electron chi connectivity index (χ4n) is 1.97. The molecule has 3 heteroatoms. The van der Waals surface area contributed by atoms with E-state index in [4.69, 9.17) is 16.3 Å². The SMILES string of the molecule is Cc1cccc(C)c1COc1cc(CCl)ccc1F. The van der Waals surface area contributed by atoms with Crippen molar-refractivity contribution in [1.29, 1.82) is 0 Å². The second-order valence-electron chi connectivity index (χ2n) is 4.56. The maximum atomic E-state index is 13.6. The van der Waals surface area contributed by atoms with Crippen molar-refractivity contribution in [2.75, 3.05) is 0 Å². The van der Waals surface area contributed by atoms with Gasteiger partial charge in [0.05, 0.1) is 0 Å². The summed E-state index contributed by atoms with van der Waals surface area (Å²) in [7, 11) is 0. The molecule has 0 atom stereocenters. The van der Waals surface area contributed by atoms with Crippen LogP contribution < -0.4 is 4.74 Å². The summed E-state index contributed by atoms with van der Waals surface area (Å²) in [6, 6.07) is 10.7. The molecule has 0 aliphatic carbocycles. The predicted octanol–water partition coefficient (Wildman–Crippen LogP) is 4.76. The Balaban J connectivity index is 2.19. The van der Waals surface area contributed by atoms with Gasteiger partial charge in [-0.2, -0.15) is 0 Å². The van der Waals surface area contributed by atoms with Crippen LogP contribution in [-0.2, 0) is 12.5 Å². The van der Waals surface area contributed by atoms with E-state index >= 15 is 0 Å². The normalized spacial score (nSPS) is 10.5. The Morgan fingerprint density at radius 1 is 1.11 bits per heavy atom. The van der Waals surface area contributed by atoms with Gasteiger partial charge in [-0.05, 0) is 48.2 Å². The van der Waals surface area contributed by atoms with E-state index in [0.29, 0.717) is 12.5 Å². The molecular weight excluding hydrogens is 263 g/mol. The summed E-state index contributed by atoms with van der Waals surface area (Å²) in [6.45, 7) is 4.41. The van der Waals surface area contributed by atoms with Crippen molar-refractivity contribution in [2.24, 2.45) is 0 Å². The monoisotopic (exact) mass is 278 g/mol. The molecule has 0 aliphatic rings. The average molecular weight is 279 g/mol. The van der Waals surface area contributed by atoms with Gasteiger partial charge in [-0.3, -0.25) is 0 Å². The standard InChI is InChI=1S/C16H16ClFO/c1-11-4-3-5-12(2)14(11)10-19-16-8-13(9-17)6-7-15(16)18/h3-8H,9-10H2,1-2H3. The van der Waals surface area contributed by atoms with Crippen LogP contribution in [0.5, 0.6) is 5.75 Å². The number of hydrogen-bond donors (Lipinski definition) is 0. The van der Waals surface area contributed by atoms with Crippen molar-refractivity contribution in [3.05, 3.63) is 64.5 Å². The molecule has 0 bridgehead atoms. The lowest BCUT2D eigenvalue weighted by Gasteiger charge is -2.12. The average Bonchev–Trinajstić information content (AvgIpc) is 2.40. The third kappa shape index (κ3) is 3.27. The molecule has 0 heterocycles. The number of hydrogen-bond acceptors (Lipinski definition) is 1. The van der Waals surface area contributed by atoms with Gasteiger partial charge in [-0.1, -0.05) is 24.3 Å². The first kappa shape index (κ1) is 13.9. The zero-order valence-corrected chi connectivity index (χ0v) is 11.8. The van der Waals surface area contributed by atoms with E-state index in [9.17, 15) is 4.39 Å². The van der Waals surface area contributed by atoms with Gasteiger partial charge >= 0.3 is 0 Å². The quantitative estimate of drug-likeness (QED) is 0.733. The lowest BCUT2D eigenvalue weighted by Crippen LogP contribution is -2.02. The first-order chi connectivity index (χ1) is 9.11. The maximum absolute atomic E-state index is 13.6. The van der Waals surface area contributed by atoms with Gasteiger partial charge in [0.2, 0.25) is 0 Å².